The molecule has 0 fully saturated rings. The summed E-state index contributed by atoms with van der Waals surface area (Å²) in [6.45, 7) is 2.72. The third-order valence-corrected chi connectivity index (χ3v) is 5.76. The first kappa shape index (κ1) is 9.03. The molecule has 0 rings (SSSR count). The lowest BCUT2D eigenvalue weighted by Gasteiger charge is -2.11. The minimum Gasteiger partial charge on any atom is -0.198 e. The molecule has 0 aromatic rings. The van der Waals surface area contributed by atoms with Crippen LogP contribution in [0, 0.1) is 11.3 Å². The molecule has 0 saturated carbocycles. The van der Waals surface area contributed by atoms with Crippen LogP contribution in [0.3, 0.4) is 0 Å². The van der Waals surface area contributed by atoms with Gasteiger partial charge in [0.25, 0.3) is 6.69 Å². The van der Waals surface area contributed by atoms with Crippen LogP contribution >= 0.6 is 22.2 Å². The summed E-state index contributed by atoms with van der Waals surface area (Å²) in [6, 6.07) is 1.98. The molecule has 0 N–H and O–H groups in total. The highest BCUT2D eigenvalue weighted by atomic mass is 35.7. The van der Waals surface area contributed by atoms with E-state index >= 15 is 0 Å². The van der Waals surface area contributed by atoms with E-state index in [4.69, 9.17) is 27.4 Å². The predicted molar refractivity (Wildman–Crippen MR) is 42.7 cm³/mol. The zero-order chi connectivity index (χ0) is 7.49. The molecule has 0 aliphatic heterocycles. The third kappa shape index (κ3) is 2.40. The Hall–Kier alpha value is 0.0269. The van der Waals surface area contributed by atoms with Gasteiger partial charge >= 0.3 is 0 Å². The van der Waals surface area contributed by atoms with Crippen molar-refractivity contribution in [3.05, 3.63) is 12.3 Å². The average molecular weight is 180 g/mol. The van der Waals surface area contributed by atoms with Gasteiger partial charge in [0.2, 0.25) is 0 Å². The Morgan fingerprint density at radius 2 is 2.22 bits per heavy atom. The molecule has 0 saturated heterocycles. The standard InChI is InChI=1S/C5H7Cl2NSi/c1-3-9(6,7)5(2)4-8/h3,5H,1H2,2H3. The molecule has 0 aromatic heterocycles. The van der Waals surface area contributed by atoms with Crippen molar-refractivity contribution in [3.8, 4) is 6.07 Å². The summed E-state index contributed by atoms with van der Waals surface area (Å²) >= 11 is 11.5. The first-order chi connectivity index (χ1) is 4.04. The van der Waals surface area contributed by atoms with Gasteiger partial charge in [0.1, 0.15) is 0 Å². The van der Waals surface area contributed by atoms with Crippen LogP contribution in [0.2, 0.25) is 5.54 Å². The van der Waals surface area contributed by atoms with Gasteiger partial charge in [-0.05, 0) is 6.92 Å². The van der Waals surface area contributed by atoms with Gasteiger partial charge in [0.15, 0.2) is 0 Å². The van der Waals surface area contributed by atoms with Gasteiger partial charge in [-0.25, -0.2) is 0 Å². The molecule has 50 valence electrons. The summed E-state index contributed by atoms with van der Waals surface area (Å²) in [5.74, 6) is 0. The van der Waals surface area contributed by atoms with E-state index in [2.05, 4.69) is 6.58 Å². The molecule has 4 heteroatoms. The van der Waals surface area contributed by atoms with Crippen LogP contribution in [0.4, 0.5) is 0 Å². The van der Waals surface area contributed by atoms with Gasteiger partial charge in [-0.2, -0.15) is 5.26 Å². The first-order valence-electron chi connectivity index (χ1n) is 2.45. The van der Waals surface area contributed by atoms with E-state index < -0.39 is 6.69 Å². The fourth-order valence-electron chi connectivity index (χ4n) is 0.263. The zero-order valence-corrected chi connectivity index (χ0v) is 7.58. The van der Waals surface area contributed by atoms with Crippen molar-refractivity contribution < 1.29 is 0 Å². The second-order valence-electron chi connectivity index (χ2n) is 1.73. The van der Waals surface area contributed by atoms with Crippen molar-refractivity contribution in [1.29, 1.82) is 5.26 Å². The molecule has 1 atom stereocenters. The monoisotopic (exact) mass is 179 g/mol. The molecule has 1 unspecified atom stereocenters. The third-order valence-electron chi connectivity index (χ3n) is 1.04. The molecule has 0 bridgehead atoms. The Bertz CT molecular complexity index is 150. The second kappa shape index (κ2) is 3.26. The van der Waals surface area contributed by atoms with E-state index in [0.29, 0.717) is 0 Å². The summed E-state index contributed by atoms with van der Waals surface area (Å²) in [5.41, 5.74) is 1.21. The average Bonchev–Trinajstić information content (AvgIpc) is 1.86. The van der Waals surface area contributed by atoms with E-state index in [1.54, 1.807) is 6.92 Å². The van der Waals surface area contributed by atoms with Gasteiger partial charge in [-0.15, -0.1) is 28.7 Å². The molecule has 0 radical (unpaired) electrons. The predicted octanol–water partition coefficient (Wildman–Crippen LogP) is 2.55. The minimum atomic E-state index is -2.43. The molecule has 0 heterocycles. The van der Waals surface area contributed by atoms with Crippen molar-refractivity contribution in [1.82, 2.24) is 0 Å². The van der Waals surface area contributed by atoms with Crippen LogP contribution in [-0.2, 0) is 0 Å². The topological polar surface area (TPSA) is 23.8 Å². The normalized spacial score (nSPS) is 14.0. The highest BCUT2D eigenvalue weighted by Gasteiger charge is 2.31. The Morgan fingerprint density at radius 3 is 2.33 bits per heavy atom. The van der Waals surface area contributed by atoms with E-state index in [1.165, 1.54) is 5.70 Å². The van der Waals surface area contributed by atoms with Crippen molar-refractivity contribution in [3.63, 3.8) is 0 Å². The number of nitrogens with zero attached hydrogens (tertiary/aromatic N) is 1. The molecule has 0 aliphatic carbocycles. The van der Waals surface area contributed by atoms with Gasteiger partial charge < -0.3 is 0 Å². The summed E-state index contributed by atoms with van der Waals surface area (Å²) in [4.78, 5) is 0. The first-order valence-corrected chi connectivity index (χ1v) is 6.63. The van der Waals surface area contributed by atoms with E-state index in [9.17, 15) is 0 Å². The van der Waals surface area contributed by atoms with Crippen molar-refractivity contribution >= 4 is 28.9 Å². The van der Waals surface area contributed by atoms with Gasteiger partial charge in [-0.1, -0.05) is 5.70 Å². The maximum Gasteiger partial charge on any atom is 0.289 e. The van der Waals surface area contributed by atoms with Crippen LogP contribution in [-0.4, -0.2) is 6.69 Å². The second-order valence-corrected chi connectivity index (χ2v) is 8.69. The summed E-state index contributed by atoms with van der Waals surface area (Å²) < 4.78 is 0. The molecular weight excluding hydrogens is 173 g/mol. The lowest BCUT2D eigenvalue weighted by molar-refractivity contribution is 1.18. The van der Waals surface area contributed by atoms with Crippen LogP contribution < -0.4 is 0 Å². The number of nitriles is 1. The highest BCUT2D eigenvalue weighted by molar-refractivity contribution is 7.48. The van der Waals surface area contributed by atoms with Crippen LogP contribution in [0.25, 0.3) is 0 Å². The zero-order valence-electron chi connectivity index (χ0n) is 5.06. The quantitative estimate of drug-likeness (QED) is 0.473. The summed E-state index contributed by atoms with van der Waals surface area (Å²) in [7, 11) is 0. The maximum absolute atomic E-state index is 8.37. The van der Waals surface area contributed by atoms with E-state index in [0.717, 1.165) is 0 Å². The molecule has 0 aromatic carbocycles. The Morgan fingerprint density at radius 1 is 1.78 bits per heavy atom. The fourth-order valence-corrected chi connectivity index (χ4v) is 1.08. The fraction of sp³-hybridized carbons (Fsp3) is 0.400. The number of halogens is 2. The van der Waals surface area contributed by atoms with Crippen molar-refractivity contribution in [2.45, 2.75) is 12.5 Å². The minimum absolute atomic E-state index is 0.279. The van der Waals surface area contributed by atoms with Crippen molar-refractivity contribution in [2.24, 2.45) is 0 Å². The molecule has 9 heavy (non-hydrogen) atoms. The number of hydrogen-bond donors (Lipinski definition) is 0. The Balaban J connectivity index is 4.17. The molecular formula is C5H7Cl2NSi. The van der Waals surface area contributed by atoms with E-state index in [1.807, 2.05) is 6.07 Å². The van der Waals surface area contributed by atoms with Crippen LogP contribution in [0.1, 0.15) is 6.92 Å². The van der Waals surface area contributed by atoms with Crippen LogP contribution in [0.5, 0.6) is 0 Å². The largest absolute Gasteiger partial charge is 0.289 e. The Labute approximate surface area is 65.3 Å². The number of rotatable bonds is 2. The molecule has 0 amide bonds. The van der Waals surface area contributed by atoms with Gasteiger partial charge in [0, 0.05) is 0 Å². The number of hydrogen-bond acceptors (Lipinski definition) is 1. The SMILES string of the molecule is C=C[Si](Cl)(Cl)C(C)C#N. The Kier molecular flexibility index (Phi) is 3.27. The lowest BCUT2D eigenvalue weighted by Crippen LogP contribution is -2.20. The summed E-state index contributed by atoms with van der Waals surface area (Å²) in [5, 5.41) is 8.37. The summed E-state index contributed by atoms with van der Waals surface area (Å²) in [6.07, 6.45) is 0. The van der Waals surface area contributed by atoms with Crippen LogP contribution in [0.15, 0.2) is 12.3 Å². The maximum atomic E-state index is 8.37. The molecule has 0 spiro atoms. The van der Waals surface area contributed by atoms with Crippen molar-refractivity contribution in [2.75, 3.05) is 0 Å². The van der Waals surface area contributed by atoms with Gasteiger partial charge in [0.05, 0.1) is 11.6 Å². The van der Waals surface area contributed by atoms with Gasteiger partial charge in [-0.3, -0.25) is 0 Å². The highest BCUT2D eigenvalue weighted by Crippen LogP contribution is 2.29. The smallest absolute Gasteiger partial charge is 0.198 e. The molecule has 0 aliphatic rings. The molecule has 1 nitrogen and oxygen atoms in total. The lowest BCUT2D eigenvalue weighted by atomic mass is 10.5. The van der Waals surface area contributed by atoms with E-state index in [-0.39, 0.29) is 5.54 Å².